The maximum Gasteiger partial charge on any atom is 0.193 e. The number of nitrogens with zero attached hydrogens (tertiary/aromatic N) is 2. The summed E-state index contributed by atoms with van der Waals surface area (Å²) in [5.74, 6) is 1.52. The van der Waals surface area contributed by atoms with Gasteiger partial charge in [-0.05, 0) is 24.8 Å². The van der Waals surface area contributed by atoms with Gasteiger partial charge in [-0.3, -0.25) is 4.99 Å². The second-order valence-electron chi connectivity index (χ2n) is 7.65. The van der Waals surface area contributed by atoms with Gasteiger partial charge in [0, 0.05) is 51.2 Å². The number of hydrogen-bond donors (Lipinski definition) is 1. The minimum atomic E-state index is 0.194. The smallest absolute Gasteiger partial charge is 0.193 e. The zero-order valence-corrected chi connectivity index (χ0v) is 15.1. The van der Waals surface area contributed by atoms with Gasteiger partial charge >= 0.3 is 0 Å². The highest BCUT2D eigenvalue weighted by atomic mass is 16.5. The van der Waals surface area contributed by atoms with Crippen LogP contribution < -0.4 is 5.32 Å². The third kappa shape index (κ3) is 3.53. The summed E-state index contributed by atoms with van der Waals surface area (Å²) < 4.78 is 11.7. The highest BCUT2D eigenvalue weighted by Crippen LogP contribution is 2.38. The lowest BCUT2D eigenvalue weighted by Crippen LogP contribution is -2.43. The van der Waals surface area contributed by atoms with Gasteiger partial charge in [0.05, 0.1) is 12.7 Å². The van der Waals surface area contributed by atoms with Crippen molar-refractivity contribution in [1.29, 1.82) is 0 Å². The fourth-order valence-corrected chi connectivity index (χ4v) is 4.50. The molecule has 1 aromatic rings. The fourth-order valence-electron chi connectivity index (χ4n) is 4.50. The maximum atomic E-state index is 6.01. The van der Waals surface area contributed by atoms with Gasteiger partial charge in [-0.25, -0.2) is 0 Å². The average Bonchev–Trinajstić information content (AvgIpc) is 3.39. The zero-order chi connectivity index (χ0) is 17.1. The van der Waals surface area contributed by atoms with Crippen LogP contribution in [0.2, 0.25) is 0 Å². The summed E-state index contributed by atoms with van der Waals surface area (Å²) >= 11 is 0. The van der Waals surface area contributed by atoms with Crippen LogP contribution in [-0.2, 0) is 9.47 Å². The lowest BCUT2D eigenvalue weighted by Gasteiger charge is -2.26. The van der Waals surface area contributed by atoms with E-state index in [0.717, 1.165) is 51.8 Å². The van der Waals surface area contributed by atoms with Crippen molar-refractivity contribution in [2.24, 2.45) is 16.3 Å². The molecule has 3 aliphatic rings. The Balaban J connectivity index is 1.35. The number of rotatable bonds is 3. The molecule has 4 rings (SSSR count). The molecule has 25 heavy (non-hydrogen) atoms. The lowest BCUT2D eigenvalue weighted by molar-refractivity contribution is 0.0913. The Bertz CT molecular complexity index is 598. The molecule has 3 saturated heterocycles. The maximum absolute atomic E-state index is 6.01. The summed E-state index contributed by atoms with van der Waals surface area (Å²) in [5.41, 5.74) is 1.64. The number of hydrogen-bond acceptors (Lipinski definition) is 3. The Hall–Kier alpha value is -1.59. The molecule has 3 fully saturated rings. The van der Waals surface area contributed by atoms with Gasteiger partial charge in [0.1, 0.15) is 0 Å². The van der Waals surface area contributed by atoms with Crippen molar-refractivity contribution in [2.45, 2.75) is 25.4 Å². The molecule has 3 unspecified atom stereocenters. The quantitative estimate of drug-likeness (QED) is 0.676. The van der Waals surface area contributed by atoms with Gasteiger partial charge < -0.3 is 19.7 Å². The van der Waals surface area contributed by atoms with E-state index < -0.39 is 0 Å². The van der Waals surface area contributed by atoms with Crippen molar-refractivity contribution in [3.63, 3.8) is 0 Å². The van der Waals surface area contributed by atoms with Crippen LogP contribution in [0.3, 0.4) is 0 Å². The molecule has 1 aromatic carbocycles. The third-order valence-corrected chi connectivity index (χ3v) is 6.00. The number of nitrogens with one attached hydrogen (secondary N) is 1. The first-order valence-corrected chi connectivity index (χ1v) is 9.50. The van der Waals surface area contributed by atoms with E-state index in [2.05, 4.69) is 45.5 Å². The van der Waals surface area contributed by atoms with E-state index in [1.807, 2.05) is 7.05 Å². The molecule has 0 amide bonds. The predicted molar refractivity (Wildman–Crippen MR) is 98.7 cm³/mol. The van der Waals surface area contributed by atoms with Crippen molar-refractivity contribution >= 4 is 5.96 Å². The summed E-state index contributed by atoms with van der Waals surface area (Å²) in [6, 6.07) is 10.6. The van der Waals surface area contributed by atoms with Crippen LogP contribution in [0, 0.1) is 11.3 Å². The number of ether oxygens (including phenoxy) is 2. The van der Waals surface area contributed by atoms with Crippen LogP contribution in [-0.4, -0.2) is 57.4 Å². The van der Waals surface area contributed by atoms with E-state index in [9.17, 15) is 0 Å². The van der Waals surface area contributed by atoms with E-state index in [-0.39, 0.29) is 6.10 Å². The van der Waals surface area contributed by atoms with Gasteiger partial charge in [-0.15, -0.1) is 0 Å². The van der Waals surface area contributed by atoms with E-state index >= 15 is 0 Å². The molecule has 136 valence electrons. The number of benzene rings is 1. The Morgan fingerprint density at radius 1 is 1.28 bits per heavy atom. The molecule has 0 radical (unpaired) electrons. The molecule has 3 heterocycles. The van der Waals surface area contributed by atoms with E-state index in [1.165, 1.54) is 18.4 Å². The number of likely N-dealkylation sites (tertiary alicyclic amines) is 1. The second kappa shape index (κ2) is 7.34. The Labute approximate surface area is 150 Å². The van der Waals surface area contributed by atoms with Gasteiger partial charge in [-0.2, -0.15) is 0 Å². The molecule has 0 bridgehead atoms. The fraction of sp³-hybridized carbons (Fsp3) is 0.650. The largest absolute Gasteiger partial charge is 0.381 e. The van der Waals surface area contributed by atoms with E-state index in [4.69, 9.17) is 9.47 Å². The van der Waals surface area contributed by atoms with Gasteiger partial charge in [0.25, 0.3) is 0 Å². The van der Waals surface area contributed by atoms with Crippen LogP contribution in [0.5, 0.6) is 0 Å². The molecule has 5 heteroatoms. The predicted octanol–water partition coefficient (Wildman–Crippen LogP) is 2.45. The van der Waals surface area contributed by atoms with Gasteiger partial charge in [0.2, 0.25) is 0 Å². The van der Waals surface area contributed by atoms with Crippen molar-refractivity contribution in [2.75, 3.05) is 46.5 Å². The topological polar surface area (TPSA) is 46.1 Å². The summed E-state index contributed by atoms with van der Waals surface area (Å²) in [6.45, 7) is 5.72. The first-order valence-electron chi connectivity index (χ1n) is 9.50. The summed E-state index contributed by atoms with van der Waals surface area (Å²) in [5, 5.41) is 3.61. The molecule has 3 atom stereocenters. The molecule has 0 aliphatic carbocycles. The van der Waals surface area contributed by atoms with Gasteiger partial charge in [-0.1, -0.05) is 30.3 Å². The summed E-state index contributed by atoms with van der Waals surface area (Å²) in [7, 11) is 1.89. The minimum Gasteiger partial charge on any atom is -0.381 e. The van der Waals surface area contributed by atoms with Crippen LogP contribution in [0.25, 0.3) is 0 Å². The summed E-state index contributed by atoms with van der Waals surface area (Å²) in [4.78, 5) is 6.94. The first kappa shape index (κ1) is 16.9. The van der Waals surface area contributed by atoms with Crippen molar-refractivity contribution in [1.82, 2.24) is 10.2 Å². The standard InChI is InChI=1S/C20H29N3O2/c1-21-19(23-10-8-20(14-23)9-12-24-15-20)22-13-17-7-11-25-18(17)16-5-3-2-4-6-16/h2-6,17-18H,7-15H2,1H3,(H,21,22). The number of guanidine groups is 1. The molecular weight excluding hydrogens is 314 g/mol. The Kier molecular flexibility index (Phi) is 4.95. The van der Waals surface area contributed by atoms with Crippen molar-refractivity contribution in [3.05, 3.63) is 35.9 Å². The third-order valence-electron chi connectivity index (χ3n) is 6.00. The van der Waals surface area contributed by atoms with E-state index in [0.29, 0.717) is 11.3 Å². The van der Waals surface area contributed by atoms with Crippen LogP contribution in [0.1, 0.15) is 30.9 Å². The SMILES string of the molecule is CN=C(NCC1CCOC1c1ccccc1)N1CCC2(CCOC2)C1. The van der Waals surface area contributed by atoms with Crippen LogP contribution in [0.15, 0.2) is 35.3 Å². The van der Waals surface area contributed by atoms with Crippen LogP contribution >= 0.6 is 0 Å². The molecule has 0 saturated carbocycles. The molecule has 5 nitrogen and oxygen atoms in total. The monoisotopic (exact) mass is 343 g/mol. The molecular formula is C20H29N3O2. The molecule has 3 aliphatic heterocycles. The zero-order valence-electron chi connectivity index (χ0n) is 15.1. The molecule has 1 spiro atoms. The molecule has 0 aromatic heterocycles. The Morgan fingerprint density at radius 3 is 2.92 bits per heavy atom. The average molecular weight is 343 g/mol. The first-order chi connectivity index (χ1) is 12.3. The van der Waals surface area contributed by atoms with Crippen molar-refractivity contribution in [3.8, 4) is 0 Å². The summed E-state index contributed by atoms with van der Waals surface area (Å²) in [6.07, 6.45) is 3.70. The highest BCUT2D eigenvalue weighted by molar-refractivity contribution is 5.80. The normalized spacial score (nSPS) is 32.7. The Morgan fingerprint density at radius 2 is 2.16 bits per heavy atom. The lowest BCUT2D eigenvalue weighted by atomic mass is 9.87. The highest BCUT2D eigenvalue weighted by Gasteiger charge is 2.42. The van der Waals surface area contributed by atoms with Crippen molar-refractivity contribution < 1.29 is 9.47 Å². The minimum absolute atomic E-state index is 0.194. The second-order valence-corrected chi connectivity index (χ2v) is 7.65. The van der Waals surface area contributed by atoms with E-state index in [1.54, 1.807) is 0 Å². The van der Waals surface area contributed by atoms with Gasteiger partial charge in [0.15, 0.2) is 5.96 Å². The number of aliphatic imine (C=N–C) groups is 1. The molecule has 1 N–H and O–H groups in total. The van der Waals surface area contributed by atoms with Crippen LogP contribution in [0.4, 0.5) is 0 Å².